The topological polar surface area (TPSA) is 64.1 Å². The fraction of sp³-hybridized carbons (Fsp3) is 0.227. The number of aromatic nitrogens is 2. The highest BCUT2D eigenvalue weighted by Crippen LogP contribution is 2.40. The highest BCUT2D eigenvalue weighted by Gasteiger charge is 2.37. The van der Waals surface area contributed by atoms with Crippen molar-refractivity contribution in [2.45, 2.75) is 25.1 Å². The van der Waals surface area contributed by atoms with E-state index in [1.54, 1.807) is 0 Å². The van der Waals surface area contributed by atoms with Crippen molar-refractivity contribution >= 4 is 11.6 Å². The zero-order valence-corrected chi connectivity index (χ0v) is 16.2. The number of benzene rings is 1. The summed E-state index contributed by atoms with van der Waals surface area (Å²) in [6.45, 7) is 0.239. The number of pyridine rings is 2. The number of nitrogens with one attached hydrogen (secondary N) is 1. The van der Waals surface area contributed by atoms with Gasteiger partial charge < -0.3 is 10.1 Å². The molecular weight excluding hydrogens is 414 g/mol. The second-order valence-corrected chi connectivity index (χ2v) is 7.03. The summed E-state index contributed by atoms with van der Waals surface area (Å²) in [6, 6.07) is 6.39. The number of nitrogens with zero attached hydrogens (tertiary/aromatic N) is 2. The maximum Gasteiger partial charge on any atom is 0.274 e. The first-order valence-electron chi connectivity index (χ1n) is 9.59. The van der Waals surface area contributed by atoms with Crippen LogP contribution >= 0.6 is 0 Å². The predicted octanol–water partition coefficient (Wildman–Crippen LogP) is 5.14. The van der Waals surface area contributed by atoms with Crippen LogP contribution in [0.5, 0.6) is 0 Å². The Morgan fingerprint density at radius 2 is 1.81 bits per heavy atom. The van der Waals surface area contributed by atoms with Crippen LogP contribution < -0.4 is 5.32 Å². The monoisotopic (exact) mass is 431 g/mol. The van der Waals surface area contributed by atoms with Crippen molar-refractivity contribution in [3.8, 4) is 11.3 Å². The number of carbonyl (C=O) groups is 1. The Morgan fingerprint density at radius 3 is 2.52 bits per heavy atom. The van der Waals surface area contributed by atoms with Gasteiger partial charge in [0, 0.05) is 18.2 Å². The number of alkyl halides is 1. The van der Waals surface area contributed by atoms with E-state index in [2.05, 4.69) is 15.3 Å². The summed E-state index contributed by atoms with van der Waals surface area (Å²) in [7, 11) is 0. The van der Waals surface area contributed by atoms with Crippen LogP contribution in [0, 0.1) is 17.5 Å². The van der Waals surface area contributed by atoms with Crippen LogP contribution in [0.3, 0.4) is 0 Å². The van der Waals surface area contributed by atoms with Crippen LogP contribution in [0.25, 0.3) is 11.3 Å². The molecule has 160 valence electrons. The van der Waals surface area contributed by atoms with E-state index in [4.69, 9.17) is 4.74 Å². The number of ether oxygens (including phenoxy) is 1. The molecule has 0 aliphatic carbocycles. The first kappa shape index (κ1) is 20.9. The Labute approximate surface area is 175 Å². The molecule has 0 radical (unpaired) electrons. The molecule has 31 heavy (non-hydrogen) atoms. The van der Waals surface area contributed by atoms with Crippen molar-refractivity contribution in [3.63, 3.8) is 0 Å². The number of halogens is 4. The van der Waals surface area contributed by atoms with Gasteiger partial charge >= 0.3 is 0 Å². The first-order chi connectivity index (χ1) is 14.9. The van der Waals surface area contributed by atoms with Gasteiger partial charge in [-0.2, -0.15) is 0 Å². The molecule has 1 aromatic carbocycles. The minimum Gasteiger partial charge on any atom is -0.342 e. The fourth-order valence-electron chi connectivity index (χ4n) is 3.45. The van der Waals surface area contributed by atoms with Gasteiger partial charge in [-0.25, -0.2) is 22.5 Å². The summed E-state index contributed by atoms with van der Waals surface area (Å²) < 4.78 is 63.0. The minimum absolute atomic E-state index is 0.0571. The Bertz CT molecular complexity index is 1110. The lowest BCUT2D eigenvalue weighted by Gasteiger charge is -2.31. The van der Waals surface area contributed by atoms with E-state index in [1.807, 2.05) is 0 Å². The molecule has 3 heterocycles. The highest BCUT2D eigenvalue weighted by molar-refractivity contribution is 6.03. The smallest absolute Gasteiger partial charge is 0.274 e. The summed E-state index contributed by atoms with van der Waals surface area (Å²) in [5.74, 6) is -5.95. The van der Waals surface area contributed by atoms with Crippen molar-refractivity contribution in [2.75, 3.05) is 11.9 Å². The second-order valence-electron chi connectivity index (χ2n) is 7.03. The van der Waals surface area contributed by atoms with Crippen molar-refractivity contribution in [2.24, 2.45) is 0 Å². The molecule has 1 amide bonds. The third-order valence-electron chi connectivity index (χ3n) is 4.97. The van der Waals surface area contributed by atoms with Crippen molar-refractivity contribution < 1.29 is 27.1 Å². The molecule has 9 heteroatoms. The molecule has 1 fully saturated rings. The minimum atomic E-state index is -2.08. The summed E-state index contributed by atoms with van der Waals surface area (Å²) in [4.78, 5) is 20.5. The fourth-order valence-corrected chi connectivity index (χ4v) is 3.45. The molecule has 0 spiro atoms. The normalized spacial score (nSPS) is 18.6. The molecule has 1 saturated heterocycles. The lowest BCUT2D eigenvalue weighted by atomic mass is 9.98. The van der Waals surface area contributed by atoms with Gasteiger partial charge in [-0.3, -0.25) is 9.78 Å². The summed E-state index contributed by atoms with van der Waals surface area (Å²) in [5, 5.41) is 2.48. The molecule has 5 nitrogen and oxygen atoms in total. The standard InChI is InChI=1S/C22H17F4N3O2/c23-14-4-3-5-15(24)19(14)20-16(25)6-7-17(28-20)21(30)29-18-12-27-10-8-13(18)22(26)9-1-2-11-31-22/h3-8,10,12H,1-2,9,11H2,(H,29,30)/t22-/m0/s1. The quantitative estimate of drug-likeness (QED) is 0.582. The van der Waals surface area contributed by atoms with Gasteiger partial charge in [-0.1, -0.05) is 6.07 Å². The van der Waals surface area contributed by atoms with E-state index in [9.17, 15) is 18.0 Å². The van der Waals surface area contributed by atoms with Crippen LogP contribution in [0.15, 0.2) is 48.8 Å². The van der Waals surface area contributed by atoms with E-state index in [0.29, 0.717) is 6.42 Å². The van der Waals surface area contributed by atoms with Gasteiger partial charge in [0.15, 0.2) is 0 Å². The largest absolute Gasteiger partial charge is 0.342 e. The maximum atomic E-state index is 15.3. The molecule has 0 saturated carbocycles. The van der Waals surface area contributed by atoms with Gasteiger partial charge in [-0.05, 0) is 43.2 Å². The summed E-state index contributed by atoms with van der Waals surface area (Å²) in [5.41, 5.74) is -1.49. The Hall–Kier alpha value is -3.33. The van der Waals surface area contributed by atoms with E-state index in [-0.39, 0.29) is 30.0 Å². The average molecular weight is 431 g/mol. The average Bonchev–Trinajstić information content (AvgIpc) is 2.75. The Morgan fingerprint density at radius 1 is 1.03 bits per heavy atom. The molecule has 1 aliphatic heterocycles. The van der Waals surface area contributed by atoms with E-state index < -0.39 is 40.5 Å². The molecule has 0 bridgehead atoms. The number of rotatable bonds is 4. The van der Waals surface area contributed by atoms with E-state index in [0.717, 1.165) is 36.8 Å². The lowest BCUT2D eigenvalue weighted by Crippen LogP contribution is -2.30. The van der Waals surface area contributed by atoms with Gasteiger partial charge in [0.25, 0.3) is 5.91 Å². The third-order valence-corrected chi connectivity index (χ3v) is 4.97. The van der Waals surface area contributed by atoms with Crippen molar-refractivity contribution in [1.82, 2.24) is 9.97 Å². The van der Waals surface area contributed by atoms with Crippen LogP contribution in [0.1, 0.15) is 35.3 Å². The second kappa shape index (κ2) is 8.43. The number of hydrogen-bond donors (Lipinski definition) is 1. The van der Waals surface area contributed by atoms with Crippen molar-refractivity contribution in [3.05, 3.63) is 77.5 Å². The zero-order valence-electron chi connectivity index (χ0n) is 16.2. The molecule has 1 aliphatic rings. The van der Waals surface area contributed by atoms with Gasteiger partial charge in [0.1, 0.15) is 28.8 Å². The van der Waals surface area contributed by atoms with E-state index in [1.165, 1.54) is 18.5 Å². The molecule has 2 aromatic heterocycles. The zero-order chi connectivity index (χ0) is 22.0. The molecular formula is C22H17F4N3O2. The molecule has 1 N–H and O–H groups in total. The lowest BCUT2D eigenvalue weighted by molar-refractivity contribution is -0.177. The number of hydrogen-bond acceptors (Lipinski definition) is 4. The highest BCUT2D eigenvalue weighted by atomic mass is 19.2. The molecule has 4 rings (SSSR count). The number of amides is 1. The van der Waals surface area contributed by atoms with Crippen LogP contribution in [0.2, 0.25) is 0 Å². The Kier molecular flexibility index (Phi) is 5.69. The SMILES string of the molecule is O=C(Nc1cnccc1[C@]1(F)CCCCO1)c1ccc(F)c(-c2c(F)cccc2F)n1. The van der Waals surface area contributed by atoms with Crippen LogP contribution in [0.4, 0.5) is 23.2 Å². The number of anilines is 1. The third kappa shape index (κ3) is 4.13. The number of carbonyl (C=O) groups excluding carboxylic acids is 1. The summed E-state index contributed by atoms with van der Waals surface area (Å²) in [6.07, 6.45) is 4.09. The van der Waals surface area contributed by atoms with Gasteiger partial charge in [-0.15, -0.1) is 0 Å². The van der Waals surface area contributed by atoms with E-state index >= 15 is 4.39 Å². The van der Waals surface area contributed by atoms with Crippen molar-refractivity contribution in [1.29, 1.82) is 0 Å². The molecule has 0 unspecified atom stereocenters. The van der Waals surface area contributed by atoms with Crippen LogP contribution in [-0.2, 0) is 10.6 Å². The maximum absolute atomic E-state index is 15.3. The first-order valence-corrected chi connectivity index (χ1v) is 9.59. The Balaban J connectivity index is 1.67. The van der Waals surface area contributed by atoms with Gasteiger partial charge in [0.2, 0.25) is 5.85 Å². The summed E-state index contributed by atoms with van der Waals surface area (Å²) >= 11 is 0. The molecule has 3 aromatic rings. The molecule has 1 atom stereocenters. The van der Waals surface area contributed by atoms with Crippen LogP contribution in [-0.4, -0.2) is 22.5 Å². The predicted molar refractivity (Wildman–Crippen MR) is 104 cm³/mol. The van der Waals surface area contributed by atoms with Gasteiger partial charge in [0.05, 0.1) is 24.1 Å².